The molecule has 2 atom stereocenters. The zero-order valence-electron chi connectivity index (χ0n) is 10.3. The molecule has 2 unspecified atom stereocenters. The molecule has 0 saturated carbocycles. The Balaban J connectivity index is 0.00000162. The number of aliphatic carboxylic acids is 1. The van der Waals surface area contributed by atoms with Gasteiger partial charge in [0.05, 0.1) is 0 Å². The molecule has 1 aromatic rings. The smallest absolute Gasteiger partial charge is 0.320 e. The average molecular weight is 270 g/mol. The van der Waals surface area contributed by atoms with E-state index in [1.807, 2.05) is 6.07 Å². The third kappa shape index (κ3) is 4.31. The van der Waals surface area contributed by atoms with Crippen LogP contribution in [0, 0.1) is 5.92 Å². The predicted octanol–water partition coefficient (Wildman–Crippen LogP) is 2.49. The molecule has 100 valence electrons. The number of nitrogens with one attached hydrogen (secondary N) is 1. The van der Waals surface area contributed by atoms with E-state index < -0.39 is 5.97 Å². The van der Waals surface area contributed by atoms with Crippen LogP contribution in [0.5, 0.6) is 0 Å². The quantitative estimate of drug-likeness (QED) is 0.863. The van der Waals surface area contributed by atoms with E-state index in [4.69, 9.17) is 5.11 Å². The third-order valence-electron chi connectivity index (χ3n) is 3.44. The van der Waals surface area contributed by atoms with Crippen molar-refractivity contribution in [3.8, 4) is 0 Å². The number of halogens is 1. The Kier molecular flexibility index (Phi) is 6.16. The van der Waals surface area contributed by atoms with Gasteiger partial charge in [-0.1, -0.05) is 30.3 Å². The van der Waals surface area contributed by atoms with Gasteiger partial charge in [-0.05, 0) is 43.7 Å². The van der Waals surface area contributed by atoms with Crippen LogP contribution in [0.3, 0.4) is 0 Å². The lowest BCUT2D eigenvalue weighted by Crippen LogP contribution is -2.29. The lowest BCUT2D eigenvalue weighted by Gasteiger charge is -2.07. The molecule has 0 bridgehead atoms. The van der Waals surface area contributed by atoms with Crippen molar-refractivity contribution in [1.29, 1.82) is 0 Å². The average Bonchev–Trinajstić information content (AvgIpc) is 2.79. The molecule has 1 aromatic carbocycles. The minimum atomic E-state index is -0.712. The van der Waals surface area contributed by atoms with E-state index in [0.717, 1.165) is 32.2 Å². The highest BCUT2D eigenvalue weighted by atomic mass is 35.5. The molecule has 0 spiro atoms. The highest BCUT2D eigenvalue weighted by Crippen LogP contribution is 2.20. The fourth-order valence-corrected chi connectivity index (χ4v) is 2.46. The van der Waals surface area contributed by atoms with E-state index in [0.29, 0.717) is 5.92 Å². The second-order valence-corrected chi connectivity index (χ2v) is 4.78. The van der Waals surface area contributed by atoms with Gasteiger partial charge < -0.3 is 10.4 Å². The van der Waals surface area contributed by atoms with Gasteiger partial charge in [-0.3, -0.25) is 4.79 Å². The first kappa shape index (κ1) is 15.0. The van der Waals surface area contributed by atoms with Crippen LogP contribution in [0.4, 0.5) is 0 Å². The van der Waals surface area contributed by atoms with Crippen LogP contribution in [-0.2, 0) is 11.2 Å². The molecule has 1 aliphatic heterocycles. The Morgan fingerprint density at radius 1 is 1.33 bits per heavy atom. The Morgan fingerprint density at radius 3 is 2.67 bits per heavy atom. The molecule has 0 radical (unpaired) electrons. The van der Waals surface area contributed by atoms with Crippen LogP contribution >= 0.6 is 12.4 Å². The van der Waals surface area contributed by atoms with Gasteiger partial charge in [-0.25, -0.2) is 0 Å². The van der Waals surface area contributed by atoms with Crippen molar-refractivity contribution < 1.29 is 9.90 Å². The lowest BCUT2D eigenvalue weighted by molar-refractivity contribution is -0.139. The van der Waals surface area contributed by atoms with E-state index in [2.05, 4.69) is 29.6 Å². The van der Waals surface area contributed by atoms with Gasteiger partial charge in [-0.2, -0.15) is 0 Å². The lowest BCUT2D eigenvalue weighted by atomic mass is 9.97. The maximum absolute atomic E-state index is 10.8. The minimum absolute atomic E-state index is 0. The molecule has 0 amide bonds. The number of carboxylic acids is 1. The molecular weight excluding hydrogens is 250 g/mol. The van der Waals surface area contributed by atoms with E-state index in [1.165, 1.54) is 5.56 Å². The summed E-state index contributed by atoms with van der Waals surface area (Å²) in [7, 11) is 0. The SMILES string of the molecule is Cl.O=C(O)C1CC(CCCc2ccccc2)CN1. The van der Waals surface area contributed by atoms with Crippen LogP contribution in [-0.4, -0.2) is 23.7 Å². The van der Waals surface area contributed by atoms with E-state index in [9.17, 15) is 4.79 Å². The maximum Gasteiger partial charge on any atom is 0.320 e. The second kappa shape index (κ2) is 7.39. The molecule has 0 aromatic heterocycles. The van der Waals surface area contributed by atoms with Crippen molar-refractivity contribution in [3.63, 3.8) is 0 Å². The van der Waals surface area contributed by atoms with Crippen molar-refractivity contribution in [2.75, 3.05) is 6.54 Å². The number of carbonyl (C=O) groups is 1. The Hall–Kier alpha value is -1.06. The fraction of sp³-hybridized carbons (Fsp3) is 0.500. The summed E-state index contributed by atoms with van der Waals surface area (Å²) in [6.45, 7) is 0.853. The topological polar surface area (TPSA) is 49.3 Å². The summed E-state index contributed by atoms with van der Waals surface area (Å²) in [6, 6.07) is 10.1. The van der Waals surface area contributed by atoms with Gasteiger partial charge in [0.1, 0.15) is 6.04 Å². The van der Waals surface area contributed by atoms with Crippen molar-refractivity contribution in [1.82, 2.24) is 5.32 Å². The first-order chi connectivity index (χ1) is 8.25. The minimum Gasteiger partial charge on any atom is -0.480 e. The molecule has 1 saturated heterocycles. The van der Waals surface area contributed by atoms with Crippen molar-refractivity contribution in [2.24, 2.45) is 5.92 Å². The molecule has 0 aliphatic carbocycles. The Bertz CT molecular complexity index is 369. The number of hydrogen-bond donors (Lipinski definition) is 2. The first-order valence-electron chi connectivity index (χ1n) is 6.26. The summed E-state index contributed by atoms with van der Waals surface area (Å²) in [5, 5.41) is 11.9. The highest BCUT2D eigenvalue weighted by molar-refractivity contribution is 5.85. The van der Waals surface area contributed by atoms with Gasteiger partial charge in [0.25, 0.3) is 0 Å². The largest absolute Gasteiger partial charge is 0.480 e. The number of benzene rings is 1. The van der Waals surface area contributed by atoms with Crippen LogP contribution < -0.4 is 5.32 Å². The van der Waals surface area contributed by atoms with Crippen LogP contribution in [0.2, 0.25) is 0 Å². The number of hydrogen-bond acceptors (Lipinski definition) is 2. The van der Waals surface area contributed by atoms with Crippen molar-refractivity contribution in [2.45, 2.75) is 31.7 Å². The summed E-state index contributed by atoms with van der Waals surface area (Å²) in [6.07, 6.45) is 4.13. The predicted molar refractivity (Wildman–Crippen MR) is 74.2 cm³/mol. The van der Waals surface area contributed by atoms with Crippen LogP contribution in [0.1, 0.15) is 24.8 Å². The van der Waals surface area contributed by atoms with Gasteiger partial charge in [0, 0.05) is 0 Å². The molecule has 2 rings (SSSR count). The van der Waals surface area contributed by atoms with E-state index in [-0.39, 0.29) is 18.4 Å². The van der Waals surface area contributed by atoms with Crippen molar-refractivity contribution in [3.05, 3.63) is 35.9 Å². The summed E-state index contributed by atoms with van der Waals surface area (Å²) >= 11 is 0. The third-order valence-corrected chi connectivity index (χ3v) is 3.44. The fourth-order valence-electron chi connectivity index (χ4n) is 2.46. The summed E-state index contributed by atoms with van der Waals surface area (Å²) < 4.78 is 0. The Morgan fingerprint density at radius 2 is 2.06 bits per heavy atom. The number of aryl methyl sites for hydroxylation is 1. The molecule has 1 heterocycles. The standard InChI is InChI=1S/C14H19NO2.ClH/c16-14(17)13-9-12(10-15-13)8-4-7-11-5-2-1-3-6-11;/h1-3,5-6,12-13,15H,4,7-10H2,(H,16,17);1H. The van der Waals surface area contributed by atoms with E-state index >= 15 is 0 Å². The van der Waals surface area contributed by atoms with Crippen LogP contribution in [0.15, 0.2) is 30.3 Å². The van der Waals surface area contributed by atoms with E-state index in [1.54, 1.807) is 0 Å². The van der Waals surface area contributed by atoms with Crippen molar-refractivity contribution >= 4 is 18.4 Å². The van der Waals surface area contributed by atoms with Crippen LogP contribution in [0.25, 0.3) is 0 Å². The number of rotatable bonds is 5. The van der Waals surface area contributed by atoms with Gasteiger partial charge in [-0.15, -0.1) is 12.4 Å². The summed E-state index contributed by atoms with van der Waals surface area (Å²) in [5.41, 5.74) is 1.37. The summed E-state index contributed by atoms with van der Waals surface area (Å²) in [5.74, 6) is -0.185. The normalized spacial score (nSPS) is 22.4. The van der Waals surface area contributed by atoms with Gasteiger partial charge in [0.2, 0.25) is 0 Å². The van der Waals surface area contributed by atoms with Gasteiger partial charge in [0.15, 0.2) is 0 Å². The summed E-state index contributed by atoms with van der Waals surface area (Å²) in [4.78, 5) is 10.8. The molecule has 18 heavy (non-hydrogen) atoms. The maximum atomic E-state index is 10.8. The molecule has 3 nitrogen and oxygen atoms in total. The first-order valence-corrected chi connectivity index (χ1v) is 6.26. The zero-order chi connectivity index (χ0) is 12.1. The zero-order valence-corrected chi connectivity index (χ0v) is 11.2. The molecular formula is C14H20ClNO2. The second-order valence-electron chi connectivity index (χ2n) is 4.78. The molecule has 4 heteroatoms. The monoisotopic (exact) mass is 269 g/mol. The molecule has 1 fully saturated rings. The molecule has 1 aliphatic rings. The van der Waals surface area contributed by atoms with Gasteiger partial charge >= 0.3 is 5.97 Å². The molecule has 2 N–H and O–H groups in total. The number of carboxylic acid groups (broad SMARTS) is 1. The highest BCUT2D eigenvalue weighted by Gasteiger charge is 2.28. The Labute approximate surface area is 114 Å².